The number of fused-ring (bicyclic) bond motifs is 1. The first kappa shape index (κ1) is 18.4. The Morgan fingerprint density at radius 2 is 1.55 bits per heavy atom. The van der Waals surface area contributed by atoms with Crippen molar-refractivity contribution in [1.82, 2.24) is 0 Å². The predicted molar refractivity (Wildman–Crippen MR) is 129 cm³/mol. The highest BCUT2D eigenvalue weighted by Gasteiger charge is 2.51. The summed E-state index contributed by atoms with van der Waals surface area (Å²) in [5.74, 6) is 2.82. The Morgan fingerprint density at radius 3 is 2.19 bits per heavy atom. The molecule has 4 aliphatic rings. The number of aryl methyl sites for hydroxylation is 2. The number of hydrogen-bond acceptors (Lipinski definition) is 0. The Bertz CT molecular complexity index is 1230. The Morgan fingerprint density at radius 1 is 0.903 bits per heavy atom. The largest absolute Gasteiger partial charge is 0.220 e. The molecule has 160 valence electrons. The second kappa shape index (κ2) is 6.67. The molecule has 31 heavy (non-hydrogen) atoms. The molecule has 1 nitrogen and oxygen atoms in total. The standard InChI is InChI=1S/C30H36N/c1-18-8-19(2)21(4)28(9-18)29-27-7-6-26(14-25(27)10-20(3)31(29)5)30-15-22-11-23(16-30)13-24(12-22)17-30/h6-10,14,22-24H,11-13,15-17H2,1-5H3/q+1/i10D. The van der Waals surface area contributed by atoms with Gasteiger partial charge in [0.1, 0.15) is 7.05 Å². The summed E-state index contributed by atoms with van der Waals surface area (Å²) < 4.78 is 11.3. The normalized spacial score (nSPS) is 29.6. The molecule has 4 fully saturated rings. The van der Waals surface area contributed by atoms with Gasteiger partial charge in [-0.2, -0.15) is 4.57 Å². The monoisotopic (exact) mass is 411 g/mol. The van der Waals surface area contributed by atoms with Gasteiger partial charge in [0, 0.05) is 13.0 Å². The topological polar surface area (TPSA) is 3.88 Å². The highest BCUT2D eigenvalue weighted by Crippen LogP contribution is 2.60. The second-order valence-corrected chi connectivity index (χ2v) is 11.3. The summed E-state index contributed by atoms with van der Waals surface area (Å²) >= 11 is 0. The number of benzene rings is 2. The van der Waals surface area contributed by atoms with E-state index in [1.54, 1.807) is 0 Å². The van der Waals surface area contributed by atoms with Gasteiger partial charge in [-0.3, -0.25) is 0 Å². The molecule has 2 aromatic carbocycles. The molecule has 0 aliphatic heterocycles. The van der Waals surface area contributed by atoms with Crippen LogP contribution in [0.5, 0.6) is 0 Å². The van der Waals surface area contributed by atoms with Crippen LogP contribution < -0.4 is 4.57 Å². The zero-order valence-electron chi connectivity index (χ0n) is 20.8. The van der Waals surface area contributed by atoms with Crippen molar-refractivity contribution >= 4 is 10.8 Å². The number of rotatable bonds is 2. The number of aromatic nitrogens is 1. The molecular formula is C30H36N+. The third-order valence-corrected chi connectivity index (χ3v) is 9.15. The molecule has 1 heteroatoms. The first-order chi connectivity index (χ1) is 15.3. The van der Waals surface area contributed by atoms with Crippen LogP contribution in [0, 0.1) is 45.4 Å². The summed E-state index contributed by atoms with van der Waals surface area (Å²) in [6.07, 6.45) is 8.55. The predicted octanol–water partition coefficient (Wildman–Crippen LogP) is 7.03. The van der Waals surface area contributed by atoms with Crippen LogP contribution in [0.1, 0.15) is 67.8 Å². The molecule has 0 saturated heterocycles. The summed E-state index contributed by atoms with van der Waals surface area (Å²) in [6.45, 7) is 8.75. The fraction of sp³-hybridized carbons (Fsp3) is 0.500. The fourth-order valence-corrected chi connectivity index (χ4v) is 7.89. The van der Waals surface area contributed by atoms with Crippen LogP contribution in [-0.4, -0.2) is 0 Å². The van der Waals surface area contributed by atoms with Gasteiger partial charge in [0.2, 0.25) is 5.69 Å². The van der Waals surface area contributed by atoms with Crippen LogP contribution in [0.15, 0.2) is 36.4 Å². The van der Waals surface area contributed by atoms with Crippen LogP contribution in [0.4, 0.5) is 0 Å². The molecule has 0 unspecified atom stereocenters. The van der Waals surface area contributed by atoms with E-state index in [0.29, 0.717) is 11.5 Å². The smallest absolute Gasteiger partial charge is 0.198 e. The lowest BCUT2D eigenvalue weighted by atomic mass is 9.48. The summed E-state index contributed by atoms with van der Waals surface area (Å²) in [6, 6.07) is 12.5. The number of pyridine rings is 1. The van der Waals surface area contributed by atoms with Crippen molar-refractivity contribution in [2.45, 2.75) is 71.6 Å². The van der Waals surface area contributed by atoms with Gasteiger partial charge in [0.05, 0.1) is 12.3 Å². The summed E-state index contributed by atoms with van der Waals surface area (Å²) in [7, 11) is 2.13. The van der Waals surface area contributed by atoms with E-state index < -0.39 is 0 Å². The average molecular weight is 412 g/mol. The van der Waals surface area contributed by atoms with Gasteiger partial charge in [-0.15, -0.1) is 0 Å². The molecule has 4 bridgehead atoms. The van der Waals surface area contributed by atoms with Crippen molar-refractivity contribution < 1.29 is 5.94 Å². The number of nitrogens with zero attached hydrogens (tertiary/aromatic N) is 1. The molecule has 0 radical (unpaired) electrons. The van der Waals surface area contributed by atoms with Gasteiger partial charge in [-0.1, -0.05) is 23.8 Å². The van der Waals surface area contributed by atoms with Crippen LogP contribution in [0.25, 0.3) is 22.0 Å². The van der Waals surface area contributed by atoms with Crippen LogP contribution >= 0.6 is 0 Å². The van der Waals surface area contributed by atoms with Gasteiger partial charge in [0.25, 0.3) is 0 Å². The van der Waals surface area contributed by atoms with Gasteiger partial charge in [0.15, 0.2) is 5.69 Å². The lowest BCUT2D eigenvalue weighted by Gasteiger charge is -2.57. The molecule has 4 aliphatic carbocycles. The molecule has 0 N–H and O–H groups in total. The lowest BCUT2D eigenvalue weighted by Crippen LogP contribution is -2.48. The molecular weight excluding hydrogens is 374 g/mol. The van der Waals surface area contributed by atoms with E-state index in [-0.39, 0.29) is 0 Å². The van der Waals surface area contributed by atoms with Crippen LogP contribution in [0.2, 0.25) is 0 Å². The minimum Gasteiger partial charge on any atom is -0.198 e. The molecule has 1 heterocycles. The average Bonchev–Trinajstić information content (AvgIpc) is 2.74. The fourth-order valence-electron chi connectivity index (χ4n) is 7.89. The van der Waals surface area contributed by atoms with E-state index in [2.05, 4.69) is 69.6 Å². The summed E-state index contributed by atoms with van der Waals surface area (Å²) in [4.78, 5) is 0. The first-order valence-electron chi connectivity index (χ1n) is 12.8. The summed E-state index contributed by atoms with van der Waals surface area (Å²) in [5, 5.41) is 2.37. The second-order valence-electron chi connectivity index (χ2n) is 11.3. The zero-order valence-corrected chi connectivity index (χ0v) is 19.8. The van der Waals surface area contributed by atoms with E-state index in [1.165, 1.54) is 77.4 Å². The van der Waals surface area contributed by atoms with Crippen molar-refractivity contribution in [3.63, 3.8) is 0 Å². The van der Waals surface area contributed by atoms with Crippen LogP contribution in [0.3, 0.4) is 0 Å². The molecule has 7 rings (SSSR count). The SMILES string of the molecule is [2H]c1c(C)[n+](C)c(-c2cc(C)cc(C)c2C)c2ccc(C34CC5CC(CC(C5)C3)C4)cc12. The maximum atomic E-state index is 9.04. The third-order valence-electron chi connectivity index (χ3n) is 9.15. The minimum atomic E-state index is 0.372. The molecule has 1 aromatic heterocycles. The van der Waals surface area contributed by atoms with Crippen LogP contribution in [-0.2, 0) is 12.5 Å². The Labute approximate surface area is 188 Å². The summed E-state index contributed by atoms with van der Waals surface area (Å²) in [5.41, 5.74) is 9.49. The van der Waals surface area contributed by atoms with Crippen molar-refractivity contribution in [2.75, 3.05) is 0 Å². The van der Waals surface area contributed by atoms with E-state index in [0.717, 1.165) is 28.8 Å². The Hall–Kier alpha value is -2.15. The highest BCUT2D eigenvalue weighted by atomic mass is 14.9. The van der Waals surface area contributed by atoms with Crippen molar-refractivity contribution in [3.05, 3.63) is 64.3 Å². The molecule has 4 saturated carbocycles. The molecule has 0 amide bonds. The van der Waals surface area contributed by atoms with Gasteiger partial charge in [-0.25, -0.2) is 0 Å². The maximum Gasteiger partial charge on any atom is 0.220 e. The van der Waals surface area contributed by atoms with Gasteiger partial charge >= 0.3 is 0 Å². The van der Waals surface area contributed by atoms with E-state index in [1.807, 2.05) is 0 Å². The third kappa shape index (κ3) is 2.92. The van der Waals surface area contributed by atoms with Crippen molar-refractivity contribution in [1.29, 1.82) is 0 Å². The molecule has 0 atom stereocenters. The highest BCUT2D eigenvalue weighted by molar-refractivity contribution is 5.94. The Kier molecular flexibility index (Phi) is 3.97. The van der Waals surface area contributed by atoms with E-state index in [4.69, 9.17) is 1.37 Å². The first-order valence-corrected chi connectivity index (χ1v) is 12.3. The van der Waals surface area contributed by atoms with E-state index >= 15 is 0 Å². The number of hydrogen-bond donors (Lipinski definition) is 0. The van der Waals surface area contributed by atoms with E-state index in [9.17, 15) is 0 Å². The maximum absolute atomic E-state index is 9.04. The zero-order chi connectivity index (χ0) is 22.4. The van der Waals surface area contributed by atoms with Crippen molar-refractivity contribution in [3.8, 4) is 11.3 Å². The quantitative estimate of drug-likeness (QED) is 0.398. The molecule has 3 aromatic rings. The van der Waals surface area contributed by atoms with Crippen molar-refractivity contribution in [2.24, 2.45) is 24.8 Å². The molecule has 0 spiro atoms. The minimum absolute atomic E-state index is 0.372. The van der Waals surface area contributed by atoms with Gasteiger partial charge in [-0.05, 0) is 117 Å². The van der Waals surface area contributed by atoms with Gasteiger partial charge < -0.3 is 0 Å². The Balaban J connectivity index is 1.58. The lowest BCUT2D eigenvalue weighted by molar-refractivity contribution is -0.665.